The lowest BCUT2D eigenvalue weighted by Crippen LogP contribution is -2.36. The highest BCUT2D eigenvalue weighted by Gasteiger charge is 2.19. The van der Waals surface area contributed by atoms with Crippen LogP contribution in [0.5, 0.6) is 0 Å². The minimum Gasteiger partial charge on any atom is -0.481 e. The lowest BCUT2D eigenvalue weighted by Gasteiger charge is -2.23. The molecular formula is C15H21NO4. The van der Waals surface area contributed by atoms with Crippen molar-refractivity contribution in [2.24, 2.45) is 5.92 Å². The molecule has 1 N–H and O–H groups in total. The Morgan fingerprint density at radius 2 is 1.95 bits per heavy atom. The Morgan fingerprint density at radius 3 is 2.50 bits per heavy atom. The van der Waals surface area contributed by atoms with Gasteiger partial charge in [-0.25, -0.2) is 0 Å². The van der Waals surface area contributed by atoms with Gasteiger partial charge in [0.25, 0.3) is 0 Å². The highest BCUT2D eigenvalue weighted by atomic mass is 16.5. The second-order valence-corrected chi connectivity index (χ2v) is 4.70. The molecule has 1 aromatic rings. The van der Waals surface area contributed by atoms with Gasteiger partial charge in [-0.1, -0.05) is 37.3 Å². The standard InChI is InChI=1S/C15H21NO4/c1-3-20-14(17)11-16(9-12(2)15(18)19)10-13-7-5-4-6-8-13/h4-8,12H,3,9-11H2,1-2H3,(H,18,19). The van der Waals surface area contributed by atoms with Crippen LogP contribution in [-0.2, 0) is 20.9 Å². The molecule has 20 heavy (non-hydrogen) atoms. The van der Waals surface area contributed by atoms with E-state index in [9.17, 15) is 9.59 Å². The molecule has 0 saturated heterocycles. The summed E-state index contributed by atoms with van der Waals surface area (Å²) in [7, 11) is 0. The van der Waals surface area contributed by atoms with Crippen LogP contribution >= 0.6 is 0 Å². The first-order chi connectivity index (χ1) is 9.52. The largest absolute Gasteiger partial charge is 0.481 e. The predicted molar refractivity (Wildman–Crippen MR) is 75.2 cm³/mol. The van der Waals surface area contributed by atoms with Crippen molar-refractivity contribution in [2.75, 3.05) is 19.7 Å². The van der Waals surface area contributed by atoms with Gasteiger partial charge in [0.05, 0.1) is 19.1 Å². The number of nitrogens with zero attached hydrogens (tertiary/aromatic N) is 1. The van der Waals surface area contributed by atoms with Crippen molar-refractivity contribution >= 4 is 11.9 Å². The van der Waals surface area contributed by atoms with Crippen LogP contribution in [0.1, 0.15) is 19.4 Å². The van der Waals surface area contributed by atoms with E-state index in [0.29, 0.717) is 19.7 Å². The number of benzene rings is 1. The highest BCUT2D eigenvalue weighted by molar-refractivity contribution is 5.72. The molecule has 110 valence electrons. The monoisotopic (exact) mass is 279 g/mol. The van der Waals surface area contributed by atoms with Gasteiger partial charge in [-0.05, 0) is 12.5 Å². The number of rotatable bonds is 8. The Labute approximate surface area is 119 Å². The molecule has 1 unspecified atom stereocenters. The van der Waals surface area contributed by atoms with Crippen LogP contribution in [0.2, 0.25) is 0 Å². The Hall–Kier alpha value is -1.88. The van der Waals surface area contributed by atoms with Gasteiger partial charge in [0.2, 0.25) is 0 Å². The molecule has 0 heterocycles. The van der Waals surface area contributed by atoms with Gasteiger partial charge in [0.15, 0.2) is 0 Å². The smallest absolute Gasteiger partial charge is 0.320 e. The Bertz CT molecular complexity index is 433. The summed E-state index contributed by atoms with van der Waals surface area (Å²) in [5.74, 6) is -1.74. The quantitative estimate of drug-likeness (QED) is 0.735. The molecule has 0 radical (unpaired) electrons. The van der Waals surface area contributed by atoms with E-state index in [4.69, 9.17) is 9.84 Å². The number of carboxylic acids is 1. The number of ether oxygens (including phenoxy) is 1. The fourth-order valence-electron chi connectivity index (χ4n) is 1.88. The topological polar surface area (TPSA) is 66.8 Å². The van der Waals surface area contributed by atoms with Gasteiger partial charge in [0, 0.05) is 13.1 Å². The van der Waals surface area contributed by atoms with Gasteiger partial charge in [0.1, 0.15) is 0 Å². The predicted octanol–water partition coefficient (Wildman–Crippen LogP) is 1.77. The van der Waals surface area contributed by atoms with Crippen LogP contribution in [0, 0.1) is 5.92 Å². The summed E-state index contributed by atoms with van der Waals surface area (Å²) in [6.45, 7) is 4.64. The maximum Gasteiger partial charge on any atom is 0.320 e. The molecule has 0 spiro atoms. The normalized spacial score (nSPS) is 12.2. The molecule has 0 aliphatic rings. The zero-order chi connectivity index (χ0) is 15.0. The van der Waals surface area contributed by atoms with Crippen LogP contribution in [-0.4, -0.2) is 41.6 Å². The van der Waals surface area contributed by atoms with Crippen molar-refractivity contribution < 1.29 is 19.4 Å². The second kappa shape index (κ2) is 8.32. The zero-order valence-electron chi connectivity index (χ0n) is 11.9. The molecule has 1 aromatic carbocycles. The summed E-state index contributed by atoms with van der Waals surface area (Å²) in [4.78, 5) is 24.3. The van der Waals surface area contributed by atoms with Crippen LogP contribution < -0.4 is 0 Å². The van der Waals surface area contributed by atoms with Crippen molar-refractivity contribution in [3.05, 3.63) is 35.9 Å². The van der Waals surface area contributed by atoms with E-state index in [1.54, 1.807) is 18.7 Å². The molecule has 0 aromatic heterocycles. The molecule has 1 atom stereocenters. The average Bonchev–Trinajstić information content (AvgIpc) is 2.39. The van der Waals surface area contributed by atoms with Crippen LogP contribution in [0.3, 0.4) is 0 Å². The number of esters is 1. The summed E-state index contributed by atoms with van der Waals surface area (Å²) in [6.07, 6.45) is 0. The number of carboxylic acid groups (broad SMARTS) is 1. The number of carbonyl (C=O) groups is 2. The molecule has 0 amide bonds. The first-order valence-corrected chi connectivity index (χ1v) is 6.67. The van der Waals surface area contributed by atoms with E-state index >= 15 is 0 Å². The fourth-order valence-corrected chi connectivity index (χ4v) is 1.88. The summed E-state index contributed by atoms with van der Waals surface area (Å²) in [6, 6.07) is 9.64. The van der Waals surface area contributed by atoms with Crippen LogP contribution in [0.25, 0.3) is 0 Å². The van der Waals surface area contributed by atoms with E-state index in [0.717, 1.165) is 5.56 Å². The molecule has 0 aliphatic heterocycles. The van der Waals surface area contributed by atoms with E-state index in [1.807, 2.05) is 30.3 Å². The fraction of sp³-hybridized carbons (Fsp3) is 0.467. The lowest BCUT2D eigenvalue weighted by atomic mass is 10.1. The SMILES string of the molecule is CCOC(=O)CN(Cc1ccccc1)CC(C)C(=O)O. The molecule has 1 rings (SSSR count). The number of hydrogen-bond donors (Lipinski definition) is 1. The van der Waals surface area contributed by atoms with Gasteiger partial charge >= 0.3 is 11.9 Å². The zero-order valence-corrected chi connectivity index (χ0v) is 11.9. The molecule has 0 bridgehead atoms. The Kier molecular flexibility index (Phi) is 6.73. The second-order valence-electron chi connectivity index (χ2n) is 4.70. The van der Waals surface area contributed by atoms with Crippen molar-refractivity contribution in [1.82, 2.24) is 4.90 Å². The van der Waals surface area contributed by atoms with Crippen LogP contribution in [0.15, 0.2) is 30.3 Å². The molecule has 0 fully saturated rings. The van der Waals surface area contributed by atoms with E-state index in [1.165, 1.54) is 0 Å². The molecule has 0 aliphatic carbocycles. The van der Waals surface area contributed by atoms with Crippen molar-refractivity contribution in [1.29, 1.82) is 0 Å². The van der Waals surface area contributed by atoms with Gasteiger partial charge in [-0.3, -0.25) is 14.5 Å². The first-order valence-electron chi connectivity index (χ1n) is 6.67. The minimum atomic E-state index is -0.869. The molecular weight excluding hydrogens is 258 g/mol. The summed E-state index contributed by atoms with van der Waals surface area (Å²) >= 11 is 0. The third-order valence-corrected chi connectivity index (χ3v) is 2.86. The Balaban J connectivity index is 2.68. The summed E-state index contributed by atoms with van der Waals surface area (Å²) < 4.78 is 4.92. The van der Waals surface area contributed by atoms with E-state index in [2.05, 4.69) is 0 Å². The van der Waals surface area contributed by atoms with Gasteiger partial charge in [-0.15, -0.1) is 0 Å². The maximum absolute atomic E-state index is 11.6. The van der Waals surface area contributed by atoms with Gasteiger partial charge < -0.3 is 9.84 Å². The minimum absolute atomic E-state index is 0.0976. The molecule has 0 saturated carbocycles. The number of aliphatic carboxylic acids is 1. The maximum atomic E-state index is 11.6. The third-order valence-electron chi connectivity index (χ3n) is 2.86. The van der Waals surface area contributed by atoms with Crippen molar-refractivity contribution in [3.63, 3.8) is 0 Å². The third kappa shape index (κ3) is 5.84. The van der Waals surface area contributed by atoms with Crippen LogP contribution in [0.4, 0.5) is 0 Å². The molecule has 5 heteroatoms. The van der Waals surface area contributed by atoms with E-state index in [-0.39, 0.29) is 12.5 Å². The van der Waals surface area contributed by atoms with Crippen molar-refractivity contribution in [3.8, 4) is 0 Å². The van der Waals surface area contributed by atoms with E-state index < -0.39 is 11.9 Å². The summed E-state index contributed by atoms with van der Waals surface area (Å²) in [5, 5.41) is 8.99. The summed E-state index contributed by atoms with van der Waals surface area (Å²) in [5.41, 5.74) is 1.04. The van der Waals surface area contributed by atoms with Crippen molar-refractivity contribution in [2.45, 2.75) is 20.4 Å². The highest BCUT2D eigenvalue weighted by Crippen LogP contribution is 2.08. The first kappa shape index (κ1) is 16.2. The average molecular weight is 279 g/mol. The van der Waals surface area contributed by atoms with Gasteiger partial charge in [-0.2, -0.15) is 0 Å². The number of carbonyl (C=O) groups excluding carboxylic acids is 1. The Morgan fingerprint density at radius 1 is 1.30 bits per heavy atom. The molecule has 5 nitrogen and oxygen atoms in total. The number of hydrogen-bond acceptors (Lipinski definition) is 4. The lowest BCUT2D eigenvalue weighted by molar-refractivity contribution is -0.147.